The summed E-state index contributed by atoms with van der Waals surface area (Å²) in [6.07, 6.45) is 1.18. The quantitative estimate of drug-likeness (QED) is 0.847. The molecule has 0 bridgehead atoms. The van der Waals surface area contributed by atoms with E-state index in [1.165, 1.54) is 11.3 Å². The lowest BCUT2D eigenvalue weighted by Crippen LogP contribution is -2.34. The predicted octanol–water partition coefficient (Wildman–Crippen LogP) is 1.44. The number of fused-ring (bicyclic) bond motifs is 1. The van der Waals surface area contributed by atoms with E-state index in [0.29, 0.717) is 34.8 Å². The van der Waals surface area contributed by atoms with Crippen molar-refractivity contribution in [1.29, 1.82) is 0 Å². The number of nitrogens with zero attached hydrogens (tertiary/aromatic N) is 2. The minimum absolute atomic E-state index is 0.192. The lowest BCUT2D eigenvalue weighted by molar-refractivity contribution is 0.0951. The van der Waals surface area contributed by atoms with Gasteiger partial charge >= 0.3 is 0 Å². The Bertz CT molecular complexity index is 891. The molecular formula is C15H20N4O3S2. The van der Waals surface area contributed by atoms with Crippen LogP contribution in [0.15, 0.2) is 0 Å². The minimum Gasteiger partial charge on any atom is -0.397 e. The number of anilines is 1. The Labute approximate surface area is 144 Å². The molecule has 1 fully saturated rings. The molecule has 3 rings (SSSR count). The van der Waals surface area contributed by atoms with Crippen molar-refractivity contribution in [3.63, 3.8) is 0 Å². The van der Waals surface area contributed by atoms with Crippen LogP contribution in [-0.2, 0) is 9.84 Å². The van der Waals surface area contributed by atoms with Crippen molar-refractivity contribution >= 4 is 43.0 Å². The molecule has 130 valence electrons. The van der Waals surface area contributed by atoms with Gasteiger partial charge in [0.25, 0.3) is 5.91 Å². The van der Waals surface area contributed by atoms with Crippen LogP contribution in [0.1, 0.15) is 33.8 Å². The number of aromatic nitrogens is 2. The molecule has 3 heterocycles. The van der Waals surface area contributed by atoms with Crippen molar-refractivity contribution in [3.8, 4) is 0 Å². The van der Waals surface area contributed by atoms with Crippen molar-refractivity contribution in [3.05, 3.63) is 16.1 Å². The second-order valence-electron chi connectivity index (χ2n) is 6.24. The van der Waals surface area contributed by atoms with E-state index in [1.807, 2.05) is 13.8 Å². The second-order valence-corrected chi connectivity index (χ2v) is 9.54. The summed E-state index contributed by atoms with van der Waals surface area (Å²) in [7, 11) is -2.89. The summed E-state index contributed by atoms with van der Waals surface area (Å²) >= 11 is 1.23. The van der Waals surface area contributed by atoms with Crippen LogP contribution < -0.4 is 11.1 Å². The third kappa shape index (κ3) is 3.23. The molecule has 0 atom stereocenters. The Morgan fingerprint density at radius 3 is 2.62 bits per heavy atom. The standard InChI is InChI=1S/C15H20N4O3S2/c1-8-9(2)18-19-15-11(8)12(16)13(23-15)14(20)17-7-10-3-5-24(21,22)6-4-10/h10H,3-7,16H2,1-2H3,(H,17,20). The first kappa shape index (κ1) is 17.1. The average Bonchev–Trinajstić information content (AvgIpc) is 2.87. The molecule has 1 aliphatic heterocycles. The zero-order valence-electron chi connectivity index (χ0n) is 13.6. The zero-order chi connectivity index (χ0) is 17.5. The summed E-state index contributed by atoms with van der Waals surface area (Å²) in [6, 6.07) is 0. The molecule has 0 aliphatic carbocycles. The van der Waals surface area contributed by atoms with E-state index >= 15 is 0 Å². The summed E-state index contributed by atoms with van der Waals surface area (Å²) < 4.78 is 22.9. The molecule has 0 saturated carbocycles. The van der Waals surface area contributed by atoms with Crippen molar-refractivity contribution in [2.75, 3.05) is 23.8 Å². The van der Waals surface area contributed by atoms with Gasteiger partial charge in [-0.2, -0.15) is 5.10 Å². The van der Waals surface area contributed by atoms with Crippen LogP contribution >= 0.6 is 11.3 Å². The molecule has 7 nitrogen and oxygen atoms in total. The van der Waals surface area contributed by atoms with Gasteiger partial charge in [0.2, 0.25) is 0 Å². The maximum Gasteiger partial charge on any atom is 0.263 e. The van der Waals surface area contributed by atoms with Crippen LogP contribution in [0.2, 0.25) is 0 Å². The highest BCUT2D eigenvalue weighted by Crippen LogP contribution is 2.34. The summed E-state index contributed by atoms with van der Waals surface area (Å²) in [6.45, 7) is 4.24. The van der Waals surface area contributed by atoms with Crippen LogP contribution in [0.25, 0.3) is 10.2 Å². The Morgan fingerprint density at radius 1 is 1.29 bits per heavy atom. The smallest absolute Gasteiger partial charge is 0.263 e. The number of amides is 1. The van der Waals surface area contributed by atoms with Gasteiger partial charge in [0.05, 0.1) is 22.9 Å². The summed E-state index contributed by atoms with van der Waals surface area (Å²) in [4.78, 5) is 13.6. The van der Waals surface area contributed by atoms with Gasteiger partial charge < -0.3 is 11.1 Å². The van der Waals surface area contributed by atoms with E-state index < -0.39 is 9.84 Å². The van der Waals surface area contributed by atoms with Crippen LogP contribution in [0, 0.1) is 19.8 Å². The van der Waals surface area contributed by atoms with Crippen molar-refractivity contribution in [2.24, 2.45) is 5.92 Å². The SMILES string of the molecule is Cc1nnc2sc(C(=O)NCC3CCS(=O)(=O)CC3)c(N)c2c1C. The Hall–Kier alpha value is -1.74. The van der Waals surface area contributed by atoms with Gasteiger partial charge in [0.1, 0.15) is 19.5 Å². The van der Waals surface area contributed by atoms with Gasteiger partial charge in [-0.25, -0.2) is 8.42 Å². The fraction of sp³-hybridized carbons (Fsp3) is 0.533. The van der Waals surface area contributed by atoms with Gasteiger partial charge in [-0.15, -0.1) is 16.4 Å². The third-order valence-electron chi connectivity index (χ3n) is 4.57. The number of hydrogen-bond acceptors (Lipinski definition) is 7. The predicted molar refractivity (Wildman–Crippen MR) is 95.0 cm³/mol. The van der Waals surface area contributed by atoms with Gasteiger partial charge in [0.15, 0.2) is 0 Å². The maximum absolute atomic E-state index is 12.5. The van der Waals surface area contributed by atoms with Gasteiger partial charge in [0, 0.05) is 11.9 Å². The number of aryl methyl sites for hydroxylation is 2. The van der Waals surface area contributed by atoms with E-state index in [4.69, 9.17) is 5.73 Å². The van der Waals surface area contributed by atoms with E-state index in [2.05, 4.69) is 15.5 Å². The fourth-order valence-corrected chi connectivity index (χ4v) is 5.48. The average molecular weight is 368 g/mol. The number of nitrogen functional groups attached to an aromatic ring is 1. The Kier molecular flexibility index (Phi) is 4.48. The number of nitrogens with one attached hydrogen (secondary N) is 1. The first-order valence-electron chi connectivity index (χ1n) is 7.79. The number of thiophene rings is 1. The third-order valence-corrected chi connectivity index (χ3v) is 7.37. The number of carbonyl (C=O) groups excluding carboxylic acids is 1. The molecule has 3 N–H and O–H groups in total. The van der Waals surface area contributed by atoms with Gasteiger partial charge in [-0.1, -0.05) is 0 Å². The molecular weight excluding hydrogens is 348 g/mol. The molecule has 1 amide bonds. The molecule has 2 aromatic heterocycles. The second kappa shape index (κ2) is 6.29. The van der Waals surface area contributed by atoms with Gasteiger partial charge in [-0.3, -0.25) is 4.79 Å². The summed E-state index contributed by atoms with van der Waals surface area (Å²) in [5, 5.41) is 11.9. The van der Waals surface area contributed by atoms with Crippen LogP contribution in [0.5, 0.6) is 0 Å². The fourth-order valence-electron chi connectivity index (χ4n) is 2.87. The number of sulfone groups is 1. The molecule has 0 radical (unpaired) electrons. The molecule has 24 heavy (non-hydrogen) atoms. The topological polar surface area (TPSA) is 115 Å². The molecule has 2 aromatic rings. The van der Waals surface area contributed by atoms with Gasteiger partial charge in [-0.05, 0) is 38.2 Å². The van der Waals surface area contributed by atoms with Crippen LogP contribution in [0.3, 0.4) is 0 Å². The molecule has 0 aromatic carbocycles. The molecule has 0 unspecified atom stereocenters. The molecule has 0 spiro atoms. The summed E-state index contributed by atoms with van der Waals surface area (Å²) in [5.74, 6) is 0.358. The highest BCUT2D eigenvalue weighted by molar-refractivity contribution is 7.91. The van der Waals surface area contributed by atoms with E-state index in [9.17, 15) is 13.2 Å². The first-order valence-corrected chi connectivity index (χ1v) is 10.4. The van der Waals surface area contributed by atoms with Crippen molar-refractivity contribution in [1.82, 2.24) is 15.5 Å². The van der Waals surface area contributed by atoms with E-state index in [0.717, 1.165) is 16.6 Å². The monoisotopic (exact) mass is 368 g/mol. The van der Waals surface area contributed by atoms with E-state index in [-0.39, 0.29) is 23.3 Å². The summed E-state index contributed by atoms with van der Waals surface area (Å²) in [5.41, 5.74) is 8.32. The Balaban J connectivity index is 1.73. The lowest BCUT2D eigenvalue weighted by atomic mass is 10.0. The van der Waals surface area contributed by atoms with Crippen molar-refractivity contribution < 1.29 is 13.2 Å². The number of hydrogen-bond donors (Lipinski definition) is 2. The van der Waals surface area contributed by atoms with Crippen LogP contribution in [0.4, 0.5) is 5.69 Å². The molecule has 1 aliphatic rings. The molecule has 1 saturated heterocycles. The normalized spacial score (nSPS) is 17.9. The Morgan fingerprint density at radius 2 is 1.96 bits per heavy atom. The maximum atomic E-state index is 12.5. The number of rotatable bonds is 3. The van der Waals surface area contributed by atoms with Crippen LogP contribution in [-0.4, -0.2) is 42.6 Å². The minimum atomic E-state index is -2.89. The van der Waals surface area contributed by atoms with E-state index in [1.54, 1.807) is 0 Å². The lowest BCUT2D eigenvalue weighted by Gasteiger charge is -2.21. The molecule has 9 heteroatoms. The zero-order valence-corrected chi connectivity index (χ0v) is 15.3. The largest absolute Gasteiger partial charge is 0.397 e. The van der Waals surface area contributed by atoms with Crippen molar-refractivity contribution in [2.45, 2.75) is 26.7 Å². The highest BCUT2D eigenvalue weighted by Gasteiger charge is 2.25. The number of carbonyl (C=O) groups is 1. The first-order chi connectivity index (χ1) is 11.3. The highest BCUT2D eigenvalue weighted by atomic mass is 32.2. The number of nitrogens with two attached hydrogens (primary N) is 1.